The average Bonchev–Trinajstić information content (AvgIpc) is 2.76. The summed E-state index contributed by atoms with van der Waals surface area (Å²) in [7, 11) is 4.26. The van der Waals surface area contributed by atoms with Crippen molar-refractivity contribution in [1.29, 1.82) is 0 Å². The van der Waals surface area contributed by atoms with Crippen LogP contribution in [0.25, 0.3) is 0 Å². The molecule has 0 bridgehead atoms. The Kier molecular flexibility index (Phi) is 4.62. The van der Waals surface area contributed by atoms with Crippen molar-refractivity contribution in [2.24, 2.45) is 11.7 Å². The molecule has 2 fully saturated rings. The summed E-state index contributed by atoms with van der Waals surface area (Å²) in [6, 6.07) is 1.23. The zero-order valence-electron chi connectivity index (χ0n) is 11.7. The Bertz CT molecular complexity index is 293. The highest BCUT2D eigenvalue weighted by Gasteiger charge is 2.30. The highest BCUT2D eigenvalue weighted by molar-refractivity contribution is 5.79. The maximum Gasteiger partial charge on any atom is 0.223 e. The van der Waals surface area contributed by atoms with Gasteiger partial charge in [-0.15, -0.1) is 0 Å². The van der Waals surface area contributed by atoms with Gasteiger partial charge in [0.2, 0.25) is 5.91 Å². The molecular weight excluding hydrogens is 226 g/mol. The predicted octanol–water partition coefficient (Wildman–Crippen LogP) is 1.10. The van der Waals surface area contributed by atoms with Crippen LogP contribution < -0.4 is 11.1 Å². The Balaban J connectivity index is 1.80. The van der Waals surface area contributed by atoms with E-state index in [2.05, 4.69) is 24.3 Å². The van der Waals surface area contributed by atoms with Crippen molar-refractivity contribution in [1.82, 2.24) is 10.2 Å². The van der Waals surface area contributed by atoms with E-state index in [1.165, 1.54) is 12.8 Å². The number of carbonyl (C=O) groups is 1. The Morgan fingerprint density at radius 3 is 2.56 bits per heavy atom. The van der Waals surface area contributed by atoms with Crippen molar-refractivity contribution in [3.05, 3.63) is 0 Å². The van der Waals surface area contributed by atoms with Gasteiger partial charge in [-0.2, -0.15) is 0 Å². The average molecular weight is 253 g/mol. The van der Waals surface area contributed by atoms with Gasteiger partial charge in [0.05, 0.1) is 0 Å². The van der Waals surface area contributed by atoms with Crippen molar-refractivity contribution in [3.63, 3.8) is 0 Å². The molecule has 2 rings (SSSR count). The van der Waals surface area contributed by atoms with Crippen LogP contribution >= 0.6 is 0 Å². The van der Waals surface area contributed by atoms with Gasteiger partial charge in [0.25, 0.3) is 0 Å². The molecule has 2 aliphatic rings. The Morgan fingerprint density at radius 1 is 1.17 bits per heavy atom. The lowest BCUT2D eigenvalue weighted by Gasteiger charge is -2.34. The molecule has 3 N–H and O–H groups in total. The molecule has 0 spiro atoms. The van der Waals surface area contributed by atoms with E-state index in [0.29, 0.717) is 12.1 Å². The first-order valence-electron chi connectivity index (χ1n) is 7.28. The van der Waals surface area contributed by atoms with Crippen LogP contribution in [0.2, 0.25) is 0 Å². The van der Waals surface area contributed by atoms with E-state index in [1.807, 2.05) is 0 Å². The third-order valence-electron chi connectivity index (χ3n) is 4.57. The molecular formula is C14H27N3O. The summed E-state index contributed by atoms with van der Waals surface area (Å²) in [5.74, 6) is 0.409. The number of amides is 1. The third kappa shape index (κ3) is 3.45. The summed E-state index contributed by atoms with van der Waals surface area (Å²) in [4.78, 5) is 14.4. The number of nitrogens with two attached hydrogens (primary N) is 1. The molecule has 1 amide bonds. The molecule has 4 heteroatoms. The number of hydrogen-bond donors (Lipinski definition) is 2. The van der Waals surface area contributed by atoms with Crippen molar-refractivity contribution >= 4 is 5.91 Å². The van der Waals surface area contributed by atoms with Gasteiger partial charge < -0.3 is 16.0 Å². The van der Waals surface area contributed by atoms with Crippen LogP contribution in [-0.4, -0.2) is 43.0 Å². The molecule has 18 heavy (non-hydrogen) atoms. The Hall–Kier alpha value is -0.610. The largest absolute Gasteiger partial charge is 0.353 e. The summed E-state index contributed by atoms with van der Waals surface area (Å²) in [5, 5.41) is 3.25. The normalized spacial score (nSPS) is 36.9. The molecule has 0 heterocycles. The van der Waals surface area contributed by atoms with E-state index in [0.717, 1.165) is 32.1 Å². The first kappa shape index (κ1) is 13.8. The van der Waals surface area contributed by atoms with Gasteiger partial charge in [-0.3, -0.25) is 4.79 Å². The first-order valence-corrected chi connectivity index (χ1v) is 7.28. The molecule has 0 aromatic heterocycles. The minimum atomic E-state index is 0.166. The molecule has 0 aromatic rings. The molecule has 4 unspecified atom stereocenters. The maximum absolute atomic E-state index is 12.2. The highest BCUT2D eigenvalue weighted by Crippen LogP contribution is 2.26. The van der Waals surface area contributed by atoms with Gasteiger partial charge in [0.1, 0.15) is 0 Å². The molecule has 0 saturated heterocycles. The van der Waals surface area contributed by atoms with Crippen LogP contribution in [0.1, 0.15) is 44.9 Å². The zero-order chi connectivity index (χ0) is 13.1. The molecule has 0 aliphatic heterocycles. The Labute approximate surface area is 110 Å². The minimum absolute atomic E-state index is 0.166. The van der Waals surface area contributed by atoms with Gasteiger partial charge in [-0.25, -0.2) is 0 Å². The lowest BCUT2D eigenvalue weighted by Crippen LogP contribution is -2.45. The lowest BCUT2D eigenvalue weighted by atomic mass is 9.90. The summed E-state index contributed by atoms with van der Waals surface area (Å²) >= 11 is 0. The predicted molar refractivity (Wildman–Crippen MR) is 73.2 cm³/mol. The summed E-state index contributed by atoms with van der Waals surface area (Å²) in [5.41, 5.74) is 5.87. The SMILES string of the molecule is CN(C)C1CCCC(NC(=O)C2CCC(N)C2)C1. The fourth-order valence-corrected chi connectivity index (χ4v) is 3.34. The van der Waals surface area contributed by atoms with Gasteiger partial charge in [-0.05, 0) is 59.0 Å². The van der Waals surface area contributed by atoms with E-state index < -0.39 is 0 Å². The number of rotatable bonds is 3. The molecule has 0 radical (unpaired) electrons. The third-order valence-corrected chi connectivity index (χ3v) is 4.57. The number of nitrogens with one attached hydrogen (secondary N) is 1. The Morgan fingerprint density at radius 2 is 1.94 bits per heavy atom. The van der Waals surface area contributed by atoms with Gasteiger partial charge in [0.15, 0.2) is 0 Å². The van der Waals surface area contributed by atoms with Crippen LogP contribution in [0.4, 0.5) is 0 Å². The van der Waals surface area contributed by atoms with Gasteiger partial charge >= 0.3 is 0 Å². The molecule has 2 saturated carbocycles. The van der Waals surface area contributed by atoms with Gasteiger partial charge in [0, 0.05) is 24.0 Å². The number of nitrogens with zero attached hydrogens (tertiary/aromatic N) is 1. The topological polar surface area (TPSA) is 58.4 Å². The molecule has 2 aliphatic carbocycles. The van der Waals surface area contributed by atoms with Crippen molar-refractivity contribution in [2.75, 3.05) is 14.1 Å². The van der Waals surface area contributed by atoms with Crippen LogP contribution in [-0.2, 0) is 4.79 Å². The standard InChI is InChI=1S/C14H27N3O/c1-17(2)13-5-3-4-12(9-13)16-14(18)10-6-7-11(15)8-10/h10-13H,3-9,15H2,1-2H3,(H,16,18). The van der Waals surface area contributed by atoms with E-state index in [1.54, 1.807) is 0 Å². The van der Waals surface area contributed by atoms with Crippen LogP contribution in [0.3, 0.4) is 0 Å². The number of hydrogen-bond acceptors (Lipinski definition) is 3. The van der Waals surface area contributed by atoms with E-state index in [4.69, 9.17) is 5.73 Å². The molecule has 0 aromatic carbocycles. The summed E-state index contributed by atoms with van der Waals surface area (Å²) in [6.45, 7) is 0. The van der Waals surface area contributed by atoms with Crippen LogP contribution in [0.5, 0.6) is 0 Å². The minimum Gasteiger partial charge on any atom is -0.353 e. The molecule has 4 nitrogen and oxygen atoms in total. The second-order valence-corrected chi connectivity index (χ2v) is 6.26. The molecule has 104 valence electrons. The van der Waals surface area contributed by atoms with Crippen LogP contribution in [0.15, 0.2) is 0 Å². The van der Waals surface area contributed by atoms with E-state index in [9.17, 15) is 4.79 Å². The zero-order valence-corrected chi connectivity index (χ0v) is 11.7. The highest BCUT2D eigenvalue weighted by atomic mass is 16.1. The monoisotopic (exact) mass is 253 g/mol. The summed E-state index contributed by atoms with van der Waals surface area (Å²) < 4.78 is 0. The second kappa shape index (κ2) is 6.02. The fraction of sp³-hybridized carbons (Fsp3) is 0.929. The maximum atomic E-state index is 12.2. The van der Waals surface area contributed by atoms with E-state index >= 15 is 0 Å². The number of carbonyl (C=O) groups excluding carboxylic acids is 1. The van der Waals surface area contributed by atoms with E-state index in [-0.39, 0.29) is 17.9 Å². The van der Waals surface area contributed by atoms with Gasteiger partial charge in [-0.1, -0.05) is 0 Å². The smallest absolute Gasteiger partial charge is 0.223 e. The van der Waals surface area contributed by atoms with Crippen molar-refractivity contribution in [2.45, 2.75) is 63.1 Å². The quantitative estimate of drug-likeness (QED) is 0.792. The summed E-state index contributed by atoms with van der Waals surface area (Å²) in [6.07, 6.45) is 7.55. The van der Waals surface area contributed by atoms with Crippen molar-refractivity contribution < 1.29 is 4.79 Å². The fourth-order valence-electron chi connectivity index (χ4n) is 3.34. The van der Waals surface area contributed by atoms with Crippen molar-refractivity contribution in [3.8, 4) is 0 Å². The lowest BCUT2D eigenvalue weighted by molar-refractivity contribution is -0.125. The second-order valence-electron chi connectivity index (χ2n) is 6.26. The first-order chi connectivity index (χ1) is 8.56. The van der Waals surface area contributed by atoms with Crippen LogP contribution in [0, 0.1) is 5.92 Å². The molecule has 4 atom stereocenters.